The molecule has 0 radical (unpaired) electrons. The quantitative estimate of drug-likeness (QED) is 0.246. The fraction of sp³-hybridized carbons (Fsp3) is 0.344. The Labute approximate surface area is 261 Å². The average Bonchev–Trinajstić information content (AvgIpc) is 3.73. The summed E-state index contributed by atoms with van der Waals surface area (Å²) in [5.74, 6) is -3.64. The second kappa shape index (κ2) is 10.7. The maximum Gasteiger partial charge on any atom is 0.338 e. The number of carbonyl (C=O) groups excluding carboxylic acids is 1. The highest BCUT2D eigenvalue weighted by molar-refractivity contribution is 6.31. The van der Waals surface area contributed by atoms with E-state index in [0.29, 0.717) is 40.0 Å². The number of nitrogens with one attached hydrogen (secondary N) is 1. The molecule has 3 aromatic carbocycles. The summed E-state index contributed by atoms with van der Waals surface area (Å²) in [7, 11) is 0. The van der Waals surface area contributed by atoms with Crippen molar-refractivity contribution in [1.29, 1.82) is 0 Å². The van der Waals surface area contributed by atoms with Crippen molar-refractivity contribution in [3.05, 3.63) is 87.4 Å². The maximum atomic E-state index is 16.0. The van der Waals surface area contributed by atoms with Crippen LogP contribution >= 0.6 is 23.2 Å². The third-order valence-electron chi connectivity index (χ3n) is 9.32. The van der Waals surface area contributed by atoms with Crippen molar-refractivity contribution < 1.29 is 28.2 Å². The highest BCUT2D eigenvalue weighted by atomic mass is 35.5. The van der Waals surface area contributed by atoms with Crippen LogP contribution < -0.4 is 10.1 Å². The molecular formula is C32H28Cl2F2N4O4. The Bertz CT molecular complexity index is 1830. The number of nitrogens with zero attached hydrogens (tertiary/aromatic N) is 3. The molecule has 44 heavy (non-hydrogen) atoms. The van der Waals surface area contributed by atoms with E-state index in [2.05, 4.69) is 15.3 Å². The predicted molar refractivity (Wildman–Crippen MR) is 161 cm³/mol. The number of anilines is 1. The number of hydrogen-bond donors (Lipinski definition) is 2. The number of fused-ring (bicyclic) bond motifs is 4. The van der Waals surface area contributed by atoms with Crippen LogP contribution in [0.2, 0.25) is 10.0 Å². The van der Waals surface area contributed by atoms with Gasteiger partial charge >= 0.3 is 5.97 Å². The van der Waals surface area contributed by atoms with Crippen LogP contribution in [-0.4, -0.2) is 56.4 Å². The van der Waals surface area contributed by atoms with E-state index in [1.165, 1.54) is 12.1 Å². The molecule has 12 heteroatoms. The number of benzene rings is 3. The summed E-state index contributed by atoms with van der Waals surface area (Å²) in [6, 6.07) is 13.6. The lowest BCUT2D eigenvalue weighted by Crippen LogP contribution is -2.57. The first-order chi connectivity index (χ1) is 21.1. The third-order valence-corrected chi connectivity index (χ3v) is 9.85. The number of carbonyl (C=O) groups is 2. The molecule has 7 rings (SSSR count). The van der Waals surface area contributed by atoms with Gasteiger partial charge in [0.15, 0.2) is 0 Å². The van der Waals surface area contributed by atoms with Crippen LogP contribution in [0.4, 0.5) is 14.5 Å². The summed E-state index contributed by atoms with van der Waals surface area (Å²) < 4.78 is 38.6. The van der Waals surface area contributed by atoms with Gasteiger partial charge in [-0.15, -0.1) is 0 Å². The number of rotatable bonds is 6. The SMILES string of the molecule is C[C@]1(C(=O)Nc2cccc(Cl)c2)[C@@H](c2cccc(Cl)c2F)[C@@H]2Cn3nc4cc(C(=O)O)c(F)cc4c3OC[C@@H]2N1CC1CC1. The van der Waals surface area contributed by atoms with Gasteiger partial charge < -0.3 is 15.2 Å². The van der Waals surface area contributed by atoms with E-state index in [1.807, 2.05) is 6.92 Å². The monoisotopic (exact) mass is 640 g/mol. The Morgan fingerprint density at radius 3 is 2.64 bits per heavy atom. The topological polar surface area (TPSA) is 96.7 Å². The second-order valence-electron chi connectivity index (χ2n) is 12.0. The van der Waals surface area contributed by atoms with Crippen LogP contribution in [0.15, 0.2) is 54.6 Å². The molecular weight excluding hydrogens is 613 g/mol. The molecule has 1 saturated heterocycles. The number of carboxylic acids is 1. The molecule has 1 saturated carbocycles. The number of aromatic carboxylic acids is 1. The average molecular weight is 642 g/mol. The van der Waals surface area contributed by atoms with E-state index in [9.17, 15) is 19.1 Å². The van der Waals surface area contributed by atoms with E-state index in [1.54, 1.807) is 41.1 Å². The first-order valence-corrected chi connectivity index (χ1v) is 15.2. The largest absolute Gasteiger partial charge is 0.478 e. The molecule has 0 unspecified atom stereocenters. The van der Waals surface area contributed by atoms with Crippen molar-refractivity contribution in [3.63, 3.8) is 0 Å². The van der Waals surface area contributed by atoms with Crippen LogP contribution in [0, 0.1) is 23.5 Å². The molecule has 1 amide bonds. The zero-order chi connectivity index (χ0) is 30.9. The maximum absolute atomic E-state index is 16.0. The minimum absolute atomic E-state index is 0.0515. The normalized spacial score (nSPS) is 24.8. The van der Waals surface area contributed by atoms with E-state index in [0.717, 1.165) is 18.9 Å². The van der Waals surface area contributed by atoms with Crippen LogP contribution in [0.3, 0.4) is 0 Å². The predicted octanol–water partition coefficient (Wildman–Crippen LogP) is 6.60. The fourth-order valence-corrected chi connectivity index (χ4v) is 7.43. The number of carboxylic acid groups (broad SMARTS) is 1. The number of amides is 1. The molecule has 1 aliphatic carbocycles. The number of hydrogen-bond acceptors (Lipinski definition) is 5. The molecule has 4 atom stereocenters. The summed E-state index contributed by atoms with van der Waals surface area (Å²) in [6.45, 7) is 2.77. The third kappa shape index (κ3) is 4.71. The van der Waals surface area contributed by atoms with Gasteiger partial charge in [-0.25, -0.2) is 18.3 Å². The smallest absolute Gasteiger partial charge is 0.338 e. The fourth-order valence-electron chi connectivity index (χ4n) is 7.06. The van der Waals surface area contributed by atoms with Gasteiger partial charge in [0.1, 0.15) is 23.8 Å². The lowest BCUT2D eigenvalue weighted by molar-refractivity contribution is -0.127. The number of ether oxygens (including phenoxy) is 1. The molecule has 228 valence electrons. The Balaban J connectivity index is 1.38. The number of aromatic nitrogens is 2. The number of halogens is 4. The molecule has 0 spiro atoms. The van der Waals surface area contributed by atoms with Crippen molar-refractivity contribution >= 4 is 51.7 Å². The van der Waals surface area contributed by atoms with Gasteiger partial charge in [0, 0.05) is 35.6 Å². The van der Waals surface area contributed by atoms with Gasteiger partial charge in [-0.1, -0.05) is 41.4 Å². The summed E-state index contributed by atoms with van der Waals surface area (Å²) in [6.07, 6.45) is 2.04. The van der Waals surface area contributed by atoms with Crippen molar-refractivity contribution in [2.75, 3.05) is 18.5 Å². The van der Waals surface area contributed by atoms with Gasteiger partial charge in [0.2, 0.25) is 11.8 Å². The molecule has 2 aliphatic heterocycles. The second-order valence-corrected chi connectivity index (χ2v) is 12.9. The van der Waals surface area contributed by atoms with Crippen molar-refractivity contribution in [2.45, 2.75) is 43.8 Å². The van der Waals surface area contributed by atoms with Gasteiger partial charge in [-0.3, -0.25) is 9.69 Å². The molecule has 8 nitrogen and oxygen atoms in total. The van der Waals surface area contributed by atoms with E-state index >= 15 is 4.39 Å². The van der Waals surface area contributed by atoms with Crippen molar-refractivity contribution in [2.24, 2.45) is 11.8 Å². The lowest BCUT2D eigenvalue weighted by Gasteiger charge is -2.40. The van der Waals surface area contributed by atoms with Gasteiger partial charge in [0.25, 0.3) is 0 Å². The van der Waals surface area contributed by atoms with E-state index in [-0.39, 0.29) is 35.6 Å². The Kier molecular flexibility index (Phi) is 7.06. The molecule has 4 aromatic rings. The molecule has 0 bridgehead atoms. The van der Waals surface area contributed by atoms with Crippen LogP contribution in [0.25, 0.3) is 10.9 Å². The van der Waals surface area contributed by atoms with Crippen molar-refractivity contribution in [3.8, 4) is 5.88 Å². The summed E-state index contributed by atoms with van der Waals surface area (Å²) >= 11 is 12.5. The first kappa shape index (κ1) is 29.0. The highest BCUT2D eigenvalue weighted by Crippen LogP contribution is 2.54. The number of likely N-dealkylation sites (tertiary alicyclic amines) is 1. The first-order valence-electron chi connectivity index (χ1n) is 14.4. The Morgan fingerprint density at radius 1 is 1.14 bits per heavy atom. The Hall–Kier alpha value is -3.73. The standard InChI is InChI=1S/C32H28Cl2F2N4O4/c1-32(31(43)37-18-5-2-4-17(33)10-18)27(19-6-3-7-23(34)28(19)36)22-14-40-29(44-15-26(22)39(32)13-16-8-9-16)21-11-24(35)20(30(41)42)12-25(21)38-40/h2-7,10-12,16,22,26-27H,8-9,13-15H2,1H3,(H,37,43)(H,41,42)/t22-,26+,27+,32-/m1/s1. The molecule has 2 fully saturated rings. The zero-order valence-electron chi connectivity index (χ0n) is 23.6. The van der Waals surface area contributed by atoms with Gasteiger partial charge in [-0.2, -0.15) is 5.10 Å². The van der Waals surface area contributed by atoms with Crippen LogP contribution in [0.1, 0.15) is 41.6 Å². The van der Waals surface area contributed by atoms with Crippen molar-refractivity contribution in [1.82, 2.24) is 14.7 Å². The summed E-state index contributed by atoms with van der Waals surface area (Å²) in [5.41, 5.74) is -0.669. The van der Waals surface area contributed by atoms with Crippen LogP contribution in [-0.2, 0) is 11.3 Å². The lowest BCUT2D eigenvalue weighted by atomic mass is 9.74. The summed E-state index contributed by atoms with van der Waals surface area (Å²) in [4.78, 5) is 28.2. The van der Waals surface area contributed by atoms with Gasteiger partial charge in [0.05, 0.1) is 27.5 Å². The molecule has 2 N–H and O–H groups in total. The van der Waals surface area contributed by atoms with E-state index < -0.39 is 40.5 Å². The summed E-state index contributed by atoms with van der Waals surface area (Å²) in [5, 5.41) is 17.8. The van der Waals surface area contributed by atoms with E-state index in [4.69, 9.17) is 27.9 Å². The van der Waals surface area contributed by atoms with Crippen LogP contribution in [0.5, 0.6) is 5.88 Å². The molecule has 3 aliphatic rings. The zero-order valence-corrected chi connectivity index (χ0v) is 25.1. The molecule has 1 aromatic heterocycles. The van der Waals surface area contributed by atoms with Gasteiger partial charge in [-0.05, 0) is 67.6 Å². The minimum Gasteiger partial charge on any atom is -0.478 e. The highest BCUT2D eigenvalue weighted by Gasteiger charge is 2.62. The molecule has 3 heterocycles. The Morgan fingerprint density at radius 2 is 1.91 bits per heavy atom. The minimum atomic E-state index is -1.40.